The lowest BCUT2D eigenvalue weighted by molar-refractivity contribution is 0.104. The van der Waals surface area contributed by atoms with Crippen LogP contribution >= 0.6 is 11.3 Å². The fourth-order valence-corrected chi connectivity index (χ4v) is 3.57. The Morgan fingerprint density at radius 1 is 1.19 bits per heavy atom. The zero-order chi connectivity index (χ0) is 15.0. The largest absolute Gasteiger partial charge is 0.459 e. The minimum Gasteiger partial charge on any atom is -0.459 e. The van der Waals surface area contributed by atoms with Gasteiger partial charge in [-0.2, -0.15) is 0 Å². The van der Waals surface area contributed by atoms with Crippen LogP contribution in [0.5, 0.6) is 0 Å². The highest BCUT2D eigenvalue weighted by Gasteiger charge is 2.24. The van der Waals surface area contributed by atoms with Gasteiger partial charge < -0.3 is 4.42 Å². The summed E-state index contributed by atoms with van der Waals surface area (Å²) in [6.07, 6.45) is 1.12. The molecule has 6 heteroatoms. The zero-order valence-electron chi connectivity index (χ0n) is 11.2. The Morgan fingerprint density at radius 3 is 2.62 bits per heavy atom. The van der Waals surface area contributed by atoms with Gasteiger partial charge in [-0.1, -0.05) is 24.3 Å². The van der Waals surface area contributed by atoms with Gasteiger partial charge in [0.15, 0.2) is 9.84 Å². The average Bonchev–Trinajstić information content (AvgIpc) is 3.03. The summed E-state index contributed by atoms with van der Waals surface area (Å²) in [6.45, 7) is 0. The molecular formula is C15H12O4S2. The van der Waals surface area contributed by atoms with Gasteiger partial charge in [0, 0.05) is 11.6 Å². The molecule has 4 nitrogen and oxygen atoms in total. The second-order valence-electron chi connectivity index (χ2n) is 4.77. The Bertz CT molecular complexity index is 902. The number of thiophene rings is 1. The van der Waals surface area contributed by atoms with E-state index in [1.165, 1.54) is 11.3 Å². The van der Waals surface area contributed by atoms with Crippen LogP contribution in [-0.4, -0.2) is 20.5 Å². The minimum atomic E-state index is -3.29. The number of benzene rings is 1. The van der Waals surface area contributed by atoms with Crippen LogP contribution in [0.15, 0.2) is 46.2 Å². The average molecular weight is 320 g/mol. The number of carbonyl (C=O) groups excluding carboxylic acids is 1. The molecule has 108 valence electrons. The van der Waals surface area contributed by atoms with Crippen LogP contribution in [0.1, 0.15) is 21.0 Å². The van der Waals surface area contributed by atoms with Crippen molar-refractivity contribution in [3.8, 4) is 0 Å². The van der Waals surface area contributed by atoms with E-state index in [0.717, 1.165) is 6.26 Å². The van der Waals surface area contributed by atoms with Crippen molar-refractivity contribution in [1.29, 1.82) is 0 Å². The van der Waals surface area contributed by atoms with Gasteiger partial charge in [-0.15, -0.1) is 11.3 Å². The summed E-state index contributed by atoms with van der Waals surface area (Å²) in [5, 5.41) is 2.46. The summed E-state index contributed by atoms with van der Waals surface area (Å²) in [7, 11) is -3.29. The molecule has 0 amide bonds. The molecule has 0 N–H and O–H groups in total. The zero-order valence-corrected chi connectivity index (χ0v) is 12.8. The number of carbonyl (C=O) groups is 1. The van der Waals surface area contributed by atoms with Crippen LogP contribution in [-0.2, 0) is 15.6 Å². The van der Waals surface area contributed by atoms with Crippen molar-refractivity contribution in [2.45, 2.75) is 5.75 Å². The summed E-state index contributed by atoms with van der Waals surface area (Å²) in [5.41, 5.74) is 0.870. The van der Waals surface area contributed by atoms with Gasteiger partial charge in [-0.25, -0.2) is 8.42 Å². The minimum absolute atomic E-state index is 0.200. The standard InChI is InChI=1S/C15H12O4S2/c1-21(17,18)9-12-14(15(16)13-7-4-8-20-13)10-5-2-3-6-11(10)19-12/h2-8H,9H2,1H3. The smallest absolute Gasteiger partial charge is 0.207 e. The quantitative estimate of drug-likeness (QED) is 0.692. The lowest BCUT2D eigenvalue weighted by Gasteiger charge is -2.00. The van der Waals surface area contributed by atoms with E-state index in [1.807, 2.05) is 5.38 Å². The van der Waals surface area contributed by atoms with Gasteiger partial charge in [0.1, 0.15) is 17.1 Å². The molecule has 0 bridgehead atoms. The maximum absolute atomic E-state index is 12.6. The first kappa shape index (κ1) is 14.0. The predicted molar refractivity (Wildman–Crippen MR) is 82.5 cm³/mol. The Balaban J connectivity index is 2.23. The Hall–Kier alpha value is -1.92. The molecule has 3 rings (SSSR count). The van der Waals surface area contributed by atoms with Crippen LogP contribution in [0.3, 0.4) is 0 Å². The maximum Gasteiger partial charge on any atom is 0.207 e. The Labute approximate surface area is 125 Å². The monoisotopic (exact) mass is 320 g/mol. The number of hydrogen-bond donors (Lipinski definition) is 0. The van der Waals surface area contributed by atoms with E-state index in [0.29, 0.717) is 21.4 Å². The number of furan rings is 1. The number of fused-ring (bicyclic) bond motifs is 1. The van der Waals surface area contributed by atoms with Crippen LogP contribution < -0.4 is 0 Å². The molecule has 0 saturated heterocycles. The molecule has 0 fully saturated rings. The van der Waals surface area contributed by atoms with Crippen molar-refractivity contribution < 1.29 is 17.6 Å². The molecule has 3 aromatic rings. The SMILES string of the molecule is CS(=O)(=O)Cc1oc2ccccc2c1C(=O)c1cccs1. The van der Waals surface area contributed by atoms with E-state index in [-0.39, 0.29) is 17.3 Å². The van der Waals surface area contributed by atoms with Crippen molar-refractivity contribution in [3.63, 3.8) is 0 Å². The molecule has 0 spiro atoms. The molecule has 0 radical (unpaired) electrons. The van der Waals surface area contributed by atoms with Crippen molar-refractivity contribution in [3.05, 3.63) is 58.0 Å². The van der Waals surface area contributed by atoms with Crippen molar-refractivity contribution >= 4 is 37.9 Å². The summed E-state index contributed by atoms with van der Waals surface area (Å²) in [5.74, 6) is -0.278. The van der Waals surface area contributed by atoms with Crippen molar-refractivity contribution in [1.82, 2.24) is 0 Å². The van der Waals surface area contributed by atoms with Crippen LogP contribution in [0.25, 0.3) is 11.0 Å². The summed E-state index contributed by atoms with van der Waals surface area (Å²) in [6, 6.07) is 10.6. The molecule has 2 heterocycles. The third-order valence-electron chi connectivity index (χ3n) is 3.03. The Kier molecular flexibility index (Phi) is 3.43. The highest BCUT2D eigenvalue weighted by atomic mass is 32.2. The normalized spacial score (nSPS) is 11.9. The van der Waals surface area contributed by atoms with Crippen molar-refractivity contribution in [2.75, 3.05) is 6.26 Å². The van der Waals surface area contributed by atoms with Crippen LogP contribution in [0.4, 0.5) is 0 Å². The van der Waals surface area contributed by atoms with Gasteiger partial charge in [-0.3, -0.25) is 4.79 Å². The van der Waals surface area contributed by atoms with Crippen molar-refractivity contribution in [2.24, 2.45) is 0 Å². The predicted octanol–water partition coefficient (Wildman–Crippen LogP) is 3.27. The second kappa shape index (κ2) is 5.13. The molecule has 0 saturated carbocycles. The van der Waals surface area contributed by atoms with Crippen LogP contribution in [0, 0.1) is 0 Å². The number of ketones is 1. The number of hydrogen-bond acceptors (Lipinski definition) is 5. The summed E-state index contributed by atoms with van der Waals surface area (Å²) >= 11 is 1.32. The Morgan fingerprint density at radius 2 is 1.95 bits per heavy atom. The van der Waals surface area contributed by atoms with E-state index in [2.05, 4.69) is 0 Å². The van der Waals surface area contributed by atoms with Gasteiger partial charge in [0.05, 0.1) is 10.4 Å². The third kappa shape index (κ3) is 2.77. The number of sulfone groups is 1. The highest BCUT2D eigenvalue weighted by molar-refractivity contribution is 7.89. The van der Waals surface area contributed by atoms with E-state index in [4.69, 9.17) is 4.42 Å². The molecule has 21 heavy (non-hydrogen) atoms. The molecule has 0 aliphatic carbocycles. The van der Waals surface area contributed by atoms with E-state index >= 15 is 0 Å². The molecule has 0 atom stereocenters. The number of rotatable bonds is 4. The topological polar surface area (TPSA) is 64.3 Å². The molecule has 1 aromatic carbocycles. The van der Waals surface area contributed by atoms with Gasteiger partial charge in [0.25, 0.3) is 0 Å². The first-order chi connectivity index (χ1) is 9.96. The van der Waals surface area contributed by atoms with Gasteiger partial charge >= 0.3 is 0 Å². The molecule has 0 unspecified atom stereocenters. The first-order valence-electron chi connectivity index (χ1n) is 6.22. The fourth-order valence-electron chi connectivity index (χ4n) is 2.22. The number of para-hydroxylation sites is 1. The summed E-state index contributed by atoms with van der Waals surface area (Å²) in [4.78, 5) is 13.2. The first-order valence-corrected chi connectivity index (χ1v) is 9.16. The second-order valence-corrected chi connectivity index (χ2v) is 7.86. The van der Waals surface area contributed by atoms with E-state index in [1.54, 1.807) is 36.4 Å². The lowest BCUT2D eigenvalue weighted by Crippen LogP contribution is -2.06. The molecule has 0 aliphatic rings. The molecule has 0 aliphatic heterocycles. The third-order valence-corrected chi connectivity index (χ3v) is 4.69. The maximum atomic E-state index is 12.6. The van der Waals surface area contributed by atoms with Crippen LogP contribution in [0.2, 0.25) is 0 Å². The van der Waals surface area contributed by atoms with E-state index < -0.39 is 9.84 Å². The lowest BCUT2D eigenvalue weighted by atomic mass is 10.1. The summed E-state index contributed by atoms with van der Waals surface area (Å²) < 4.78 is 28.7. The fraction of sp³-hybridized carbons (Fsp3) is 0.133. The molecule has 2 aromatic heterocycles. The van der Waals surface area contributed by atoms with Gasteiger partial charge in [0.2, 0.25) is 5.78 Å². The highest BCUT2D eigenvalue weighted by Crippen LogP contribution is 2.30. The molecular weight excluding hydrogens is 308 g/mol. The van der Waals surface area contributed by atoms with E-state index in [9.17, 15) is 13.2 Å². The van der Waals surface area contributed by atoms with Gasteiger partial charge in [-0.05, 0) is 17.5 Å².